The van der Waals surface area contributed by atoms with Crippen LogP contribution in [-0.4, -0.2) is 96.7 Å². The summed E-state index contributed by atoms with van der Waals surface area (Å²) in [6.45, 7) is 14.3. The maximum Gasteiger partial charge on any atom is 0.472 e. The summed E-state index contributed by atoms with van der Waals surface area (Å²) in [5.74, 6) is 1.01. The first kappa shape index (κ1) is 99.1. The minimum absolute atomic E-state index is 0.107. The van der Waals surface area contributed by atoms with E-state index in [1.165, 1.54) is 218 Å². The van der Waals surface area contributed by atoms with Gasteiger partial charge in [-0.25, -0.2) is 9.13 Å². The molecule has 0 amide bonds. The van der Waals surface area contributed by atoms with Gasteiger partial charge in [-0.2, -0.15) is 0 Å². The maximum absolute atomic E-state index is 13.1. The number of carbonyl (C=O) groups excluding carboxylic acids is 4. The van der Waals surface area contributed by atoms with Gasteiger partial charge in [-0.15, -0.1) is 0 Å². The zero-order chi connectivity index (χ0) is 74.6. The van der Waals surface area contributed by atoms with Gasteiger partial charge in [0, 0.05) is 25.7 Å². The largest absolute Gasteiger partial charge is 0.472 e. The SMILES string of the molecule is CCC(C)CCCCCCCCCCCCC(=O)OC[C@H](COP(=O)(O)OCC(O)COP(=O)(O)OC[C@@H](COC(=O)CCCCCCCCCC(C)C)OC(=O)CCCCCCCCCCCCCCCCCCCCC(C)C)OC(=O)CCCCCCCCCCCCCCCC(C)C. The molecule has 0 aromatic carbocycles. The third-order valence-corrected chi connectivity index (χ3v) is 21.3. The predicted octanol–water partition coefficient (Wildman–Crippen LogP) is 24.4. The normalized spacial score (nSPS) is 14.3. The molecule has 19 heteroatoms. The summed E-state index contributed by atoms with van der Waals surface area (Å²) in [4.78, 5) is 73.0. The van der Waals surface area contributed by atoms with Crippen molar-refractivity contribution in [2.45, 2.75) is 440 Å². The van der Waals surface area contributed by atoms with Crippen LogP contribution in [0, 0.1) is 23.7 Å². The van der Waals surface area contributed by atoms with Gasteiger partial charge in [0.2, 0.25) is 0 Å². The maximum atomic E-state index is 13.1. The Balaban J connectivity index is 5.21. The van der Waals surface area contributed by atoms with Crippen molar-refractivity contribution >= 4 is 39.5 Å². The van der Waals surface area contributed by atoms with Crippen LogP contribution in [-0.2, 0) is 65.4 Å². The van der Waals surface area contributed by atoms with E-state index in [1.54, 1.807) is 0 Å². The zero-order valence-corrected chi connectivity index (χ0v) is 68.3. The number of aliphatic hydroxyl groups is 1. The molecule has 0 aromatic heterocycles. The second kappa shape index (κ2) is 71.0. The lowest BCUT2D eigenvalue weighted by molar-refractivity contribution is -0.161. The van der Waals surface area contributed by atoms with Crippen molar-refractivity contribution in [3.63, 3.8) is 0 Å². The van der Waals surface area contributed by atoms with E-state index in [2.05, 4.69) is 55.4 Å². The van der Waals surface area contributed by atoms with E-state index < -0.39 is 97.5 Å². The van der Waals surface area contributed by atoms with E-state index in [0.29, 0.717) is 31.6 Å². The van der Waals surface area contributed by atoms with E-state index in [-0.39, 0.29) is 25.7 Å². The van der Waals surface area contributed by atoms with Crippen molar-refractivity contribution in [2.24, 2.45) is 23.7 Å². The van der Waals surface area contributed by atoms with Crippen LogP contribution in [0.3, 0.4) is 0 Å². The average Bonchev–Trinajstić information content (AvgIpc) is 0.918. The molecule has 4 unspecified atom stereocenters. The van der Waals surface area contributed by atoms with E-state index >= 15 is 0 Å². The highest BCUT2D eigenvalue weighted by molar-refractivity contribution is 7.47. The van der Waals surface area contributed by atoms with Gasteiger partial charge in [0.15, 0.2) is 12.2 Å². The molecule has 17 nitrogen and oxygen atoms in total. The topological polar surface area (TPSA) is 237 Å². The second-order valence-electron chi connectivity index (χ2n) is 31.2. The molecule has 0 aromatic rings. The van der Waals surface area contributed by atoms with Gasteiger partial charge in [-0.05, 0) is 49.4 Å². The first-order chi connectivity index (χ1) is 48.6. The van der Waals surface area contributed by atoms with Crippen molar-refractivity contribution in [3.05, 3.63) is 0 Å². The third kappa shape index (κ3) is 74.7. The Morgan fingerprint density at radius 1 is 0.277 bits per heavy atom. The lowest BCUT2D eigenvalue weighted by Gasteiger charge is -2.21. The monoisotopic (exact) mass is 1480 g/mol. The van der Waals surface area contributed by atoms with Gasteiger partial charge < -0.3 is 33.8 Å². The fourth-order valence-corrected chi connectivity index (χ4v) is 14.2. The quantitative estimate of drug-likeness (QED) is 0.0222. The molecule has 0 rings (SSSR count). The van der Waals surface area contributed by atoms with Gasteiger partial charge in [0.1, 0.15) is 19.3 Å². The summed E-state index contributed by atoms with van der Waals surface area (Å²) in [5, 5.41) is 10.6. The highest BCUT2D eigenvalue weighted by atomic mass is 31.2. The average molecular weight is 1480 g/mol. The Kier molecular flexibility index (Phi) is 69.6. The first-order valence-electron chi connectivity index (χ1n) is 42.2. The molecule has 0 radical (unpaired) electrons. The Morgan fingerprint density at radius 3 is 0.703 bits per heavy atom. The molecule has 0 bridgehead atoms. The van der Waals surface area contributed by atoms with Crippen molar-refractivity contribution in [1.82, 2.24) is 0 Å². The molecule has 0 spiro atoms. The molecule has 0 fully saturated rings. The zero-order valence-electron chi connectivity index (χ0n) is 66.5. The molecule has 0 aliphatic rings. The summed E-state index contributed by atoms with van der Waals surface area (Å²) < 4.78 is 68.7. The Hall–Kier alpha value is -1.94. The summed E-state index contributed by atoms with van der Waals surface area (Å²) >= 11 is 0. The number of unbranched alkanes of at least 4 members (excludes halogenated alkanes) is 44. The molecule has 0 saturated heterocycles. The van der Waals surface area contributed by atoms with Crippen LogP contribution in [0.1, 0.15) is 421 Å². The lowest BCUT2D eigenvalue weighted by Crippen LogP contribution is -2.30. The Bertz CT molecular complexity index is 1970. The summed E-state index contributed by atoms with van der Waals surface area (Å²) in [5.41, 5.74) is 0. The molecule has 6 atom stereocenters. The standard InChI is InChI=1S/C82H160O17P2/c1-9-75(8)61-53-45-37-29-25-26-30-38-46-54-62-79(84)92-68-77(98-81(86)65-57-49-40-32-24-20-16-18-22-28-35-43-51-59-73(4)5)70-96-100(88,89)94-66-76(83)67-95-101(90,91)97-71-78(69-93-80(85)63-55-47-41-33-36-44-52-60-74(6)7)99-82(87)64-56-48-39-31-23-19-15-13-11-10-12-14-17-21-27-34-42-50-58-72(2)3/h72-78,83H,9-71H2,1-8H3,(H,88,89)(H,90,91)/t75?,76?,77-,78-/m1/s1. The van der Waals surface area contributed by atoms with Gasteiger partial charge in [0.05, 0.1) is 26.4 Å². The van der Waals surface area contributed by atoms with Crippen molar-refractivity contribution < 1.29 is 80.2 Å². The van der Waals surface area contributed by atoms with Gasteiger partial charge in [-0.3, -0.25) is 37.3 Å². The van der Waals surface area contributed by atoms with Gasteiger partial charge in [0.25, 0.3) is 0 Å². The number of phosphoric acid groups is 2. The predicted molar refractivity (Wildman–Crippen MR) is 414 cm³/mol. The molecule has 0 saturated carbocycles. The van der Waals surface area contributed by atoms with Crippen molar-refractivity contribution in [1.29, 1.82) is 0 Å². The molecule has 3 N–H and O–H groups in total. The van der Waals surface area contributed by atoms with E-state index in [0.717, 1.165) is 114 Å². The van der Waals surface area contributed by atoms with Crippen LogP contribution in [0.2, 0.25) is 0 Å². The minimum Gasteiger partial charge on any atom is -0.462 e. The van der Waals surface area contributed by atoms with E-state index in [4.69, 9.17) is 37.0 Å². The number of hydrogen-bond donors (Lipinski definition) is 3. The number of aliphatic hydroxyl groups excluding tert-OH is 1. The molecule has 0 aliphatic carbocycles. The highest BCUT2D eigenvalue weighted by Gasteiger charge is 2.30. The van der Waals surface area contributed by atoms with Crippen molar-refractivity contribution in [3.8, 4) is 0 Å². The van der Waals surface area contributed by atoms with Crippen LogP contribution >= 0.6 is 15.6 Å². The number of ether oxygens (including phenoxy) is 4. The molecule has 101 heavy (non-hydrogen) atoms. The lowest BCUT2D eigenvalue weighted by atomic mass is 9.99. The van der Waals surface area contributed by atoms with E-state index in [9.17, 15) is 43.2 Å². The minimum atomic E-state index is -4.96. The highest BCUT2D eigenvalue weighted by Crippen LogP contribution is 2.45. The number of hydrogen-bond acceptors (Lipinski definition) is 15. The third-order valence-electron chi connectivity index (χ3n) is 19.4. The number of phosphoric ester groups is 2. The van der Waals surface area contributed by atoms with Crippen molar-refractivity contribution in [2.75, 3.05) is 39.6 Å². The molecule has 0 aliphatic heterocycles. The van der Waals surface area contributed by atoms with Crippen LogP contribution in [0.5, 0.6) is 0 Å². The van der Waals surface area contributed by atoms with Crippen LogP contribution < -0.4 is 0 Å². The second-order valence-corrected chi connectivity index (χ2v) is 34.1. The molecule has 0 heterocycles. The van der Waals surface area contributed by atoms with Gasteiger partial charge in [-0.1, -0.05) is 370 Å². The summed E-state index contributed by atoms with van der Waals surface area (Å²) in [6.07, 6.45) is 58.3. The van der Waals surface area contributed by atoms with Crippen LogP contribution in [0.25, 0.3) is 0 Å². The van der Waals surface area contributed by atoms with Gasteiger partial charge >= 0.3 is 39.5 Å². The molecule has 600 valence electrons. The number of esters is 4. The Labute approximate surface area is 619 Å². The Morgan fingerprint density at radius 2 is 0.475 bits per heavy atom. The van der Waals surface area contributed by atoms with Crippen LogP contribution in [0.15, 0.2) is 0 Å². The fraction of sp³-hybridized carbons (Fsp3) is 0.951. The number of rotatable bonds is 79. The van der Waals surface area contributed by atoms with Crippen LogP contribution in [0.4, 0.5) is 0 Å². The number of carbonyl (C=O) groups is 4. The summed E-state index contributed by atoms with van der Waals surface area (Å²) in [6, 6.07) is 0. The van der Waals surface area contributed by atoms with E-state index in [1.807, 2.05) is 0 Å². The molecular weight excluding hydrogens is 1320 g/mol. The first-order valence-corrected chi connectivity index (χ1v) is 45.2. The smallest absolute Gasteiger partial charge is 0.462 e. The molecular formula is C82H160O17P2. The summed E-state index contributed by atoms with van der Waals surface area (Å²) in [7, 11) is -9.92. The fourth-order valence-electron chi connectivity index (χ4n) is 12.6.